The molecule has 3 nitrogen and oxygen atoms in total. The molecular weight excluding hydrogens is 260 g/mol. The monoisotopic (exact) mass is 292 g/mol. The summed E-state index contributed by atoms with van der Waals surface area (Å²) in [5.74, 6) is 2.51. The van der Waals surface area contributed by atoms with Gasteiger partial charge >= 0.3 is 0 Å². The highest BCUT2D eigenvalue weighted by molar-refractivity contribution is 5.79. The molecule has 1 saturated carbocycles. The lowest BCUT2D eigenvalue weighted by Crippen LogP contribution is -2.45. The quantitative estimate of drug-likeness (QED) is 0.866. The topological polar surface area (TPSA) is 32.3 Å². The maximum absolute atomic E-state index is 12.7. The predicted octanol–water partition coefficient (Wildman–Crippen LogP) is 3.19. The molecule has 3 fully saturated rings. The Labute approximate surface area is 129 Å². The van der Waals surface area contributed by atoms with E-state index in [-0.39, 0.29) is 0 Å². The number of carbonyl (C=O) groups excluding carboxylic acids is 1. The standard InChI is InChI=1S/C18H32N2O/c1-2-14-5-7-16(8-6-14)18(21)20-12-9-15(10-13-20)17-4-3-11-19-17/h14-17,19H,2-13H2,1H3. The summed E-state index contributed by atoms with van der Waals surface area (Å²) in [4.78, 5) is 14.9. The summed E-state index contributed by atoms with van der Waals surface area (Å²) >= 11 is 0. The molecule has 0 aromatic carbocycles. The molecule has 21 heavy (non-hydrogen) atoms. The lowest BCUT2D eigenvalue weighted by molar-refractivity contribution is -0.138. The van der Waals surface area contributed by atoms with E-state index in [9.17, 15) is 4.79 Å². The number of amides is 1. The van der Waals surface area contributed by atoms with E-state index < -0.39 is 0 Å². The van der Waals surface area contributed by atoms with Crippen molar-refractivity contribution in [2.24, 2.45) is 17.8 Å². The molecule has 2 saturated heterocycles. The molecule has 1 N–H and O–H groups in total. The smallest absolute Gasteiger partial charge is 0.225 e. The van der Waals surface area contributed by atoms with E-state index in [1.54, 1.807) is 0 Å². The van der Waals surface area contributed by atoms with Crippen LogP contribution in [0.3, 0.4) is 0 Å². The molecule has 0 spiro atoms. The predicted molar refractivity (Wildman–Crippen MR) is 86.1 cm³/mol. The second-order valence-corrected chi connectivity index (χ2v) is 7.49. The van der Waals surface area contributed by atoms with E-state index in [0.29, 0.717) is 11.8 Å². The van der Waals surface area contributed by atoms with E-state index in [2.05, 4.69) is 17.1 Å². The highest BCUT2D eigenvalue weighted by Gasteiger charge is 2.33. The van der Waals surface area contributed by atoms with Crippen LogP contribution in [0.5, 0.6) is 0 Å². The maximum atomic E-state index is 12.7. The third-order valence-electron chi connectivity index (χ3n) is 6.29. The van der Waals surface area contributed by atoms with Gasteiger partial charge < -0.3 is 10.2 Å². The first-order chi connectivity index (χ1) is 10.3. The van der Waals surface area contributed by atoms with Gasteiger partial charge in [0.2, 0.25) is 5.91 Å². The van der Waals surface area contributed by atoms with E-state index in [1.807, 2.05) is 0 Å². The molecular formula is C18H32N2O. The van der Waals surface area contributed by atoms with E-state index in [4.69, 9.17) is 0 Å². The Hall–Kier alpha value is -0.570. The molecule has 120 valence electrons. The van der Waals surface area contributed by atoms with Gasteiger partial charge in [0, 0.05) is 25.0 Å². The average molecular weight is 292 g/mol. The van der Waals surface area contributed by atoms with E-state index in [1.165, 1.54) is 51.5 Å². The zero-order valence-corrected chi connectivity index (χ0v) is 13.7. The summed E-state index contributed by atoms with van der Waals surface area (Å²) in [5.41, 5.74) is 0. The SMILES string of the molecule is CCC1CCC(C(=O)N2CCC(C3CCCN3)CC2)CC1. The molecule has 1 unspecified atom stereocenters. The molecule has 1 aliphatic carbocycles. The van der Waals surface area contributed by atoms with Crippen molar-refractivity contribution in [3.05, 3.63) is 0 Å². The Morgan fingerprint density at radius 3 is 2.33 bits per heavy atom. The minimum Gasteiger partial charge on any atom is -0.342 e. The first kappa shape index (κ1) is 15.3. The maximum Gasteiger partial charge on any atom is 0.225 e. The van der Waals surface area contributed by atoms with Crippen molar-refractivity contribution in [2.45, 2.75) is 70.8 Å². The van der Waals surface area contributed by atoms with Crippen LogP contribution in [-0.2, 0) is 4.79 Å². The molecule has 0 radical (unpaired) electrons. The van der Waals surface area contributed by atoms with Crippen molar-refractivity contribution in [1.82, 2.24) is 10.2 Å². The van der Waals surface area contributed by atoms with Gasteiger partial charge in [-0.2, -0.15) is 0 Å². The van der Waals surface area contributed by atoms with Crippen molar-refractivity contribution >= 4 is 5.91 Å². The fraction of sp³-hybridized carbons (Fsp3) is 0.944. The summed E-state index contributed by atoms with van der Waals surface area (Å²) in [6, 6.07) is 0.738. The van der Waals surface area contributed by atoms with Gasteiger partial charge in [-0.25, -0.2) is 0 Å². The second-order valence-electron chi connectivity index (χ2n) is 7.49. The third-order valence-corrected chi connectivity index (χ3v) is 6.29. The molecule has 2 aliphatic heterocycles. The molecule has 1 atom stereocenters. The molecule has 3 heteroatoms. The Morgan fingerprint density at radius 1 is 1.05 bits per heavy atom. The number of nitrogens with zero attached hydrogens (tertiary/aromatic N) is 1. The van der Waals surface area contributed by atoms with Crippen LogP contribution in [0, 0.1) is 17.8 Å². The lowest BCUT2D eigenvalue weighted by Gasteiger charge is -2.38. The summed E-state index contributed by atoms with van der Waals surface area (Å²) in [6.07, 6.45) is 11.2. The number of nitrogens with one attached hydrogen (secondary N) is 1. The van der Waals surface area contributed by atoms with Crippen LogP contribution in [0.1, 0.15) is 64.7 Å². The Bertz CT molecular complexity index is 335. The van der Waals surface area contributed by atoms with Crippen LogP contribution in [0.15, 0.2) is 0 Å². The number of piperidine rings is 1. The fourth-order valence-corrected chi connectivity index (χ4v) is 4.71. The fourth-order valence-electron chi connectivity index (χ4n) is 4.71. The van der Waals surface area contributed by atoms with Gasteiger partial charge in [-0.3, -0.25) is 4.79 Å². The first-order valence-corrected chi connectivity index (χ1v) is 9.30. The van der Waals surface area contributed by atoms with Crippen LogP contribution in [0.2, 0.25) is 0 Å². The molecule has 3 rings (SSSR count). The van der Waals surface area contributed by atoms with Crippen LogP contribution in [0.4, 0.5) is 0 Å². The normalized spacial score (nSPS) is 35.1. The van der Waals surface area contributed by atoms with Gasteiger partial charge in [-0.15, -0.1) is 0 Å². The Morgan fingerprint density at radius 2 is 1.76 bits per heavy atom. The lowest BCUT2D eigenvalue weighted by atomic mass is 9.80. The van der Waals surface area contributed by atoms with Gasteiger partial charge in [-0.05, 0) is 69.7 Å². The molecule has 0 bridgehead atoms. The van der Waals surface area contributed by atoms with Crippen molar-refractivity contribution in [3.8, 4) is 0 Å². The van der Waals surface area contributed by atoms with Gasteiger partial charge in [0.1, 0.15) is 0 Å². The van der Waals surface area contributed by atoms with Crippen LogP contribution in [0.25, 0.3) is 0 Å². The first-order valence-electron chi connectivity index (χ1n) is 9.30. The molecule has 2 heterocycles. The zero-order chi connectivity index (χ0) is 14.7. The third kappa shape index (κ3) is 3.61. The zero-order valence-electron chi connectivity index (χ0n) is 13.7. The minimum absolute atomic E-state index is 0.342. The highest BCUT2D eigenvalue weighted by atomic mass is 16.2. The highest BCUT2D eigenvalue weighted by Crippen LogP contribution is 2.33. The number of likely N-dealkylation sites (tertiary alicyclic amines) is 1. The van der Waals surface area contributed by atoms with Crippen molar-refractivity contribution in [2.75, 3.05) is 19.6 Å². The molecule has 0 aromatic rings. The van der Waals surface area contributed by atoms with Gasteiger partial charge in [0.15, 0.2) is 0 Å². The van der Waals surface area contributed by atoms with E-state index >= 15 is 0 Å². The Kier molecular flexibility index (Phi) is 5.20. The summed E-state index contributed by atoms with van der Waals surface area (Å²) < 4.78 is 0. The number of rotatable bonds is 3. The van der Waals surface area contributed by atoms with Gasteiger partial charge in [0.05, 0.1) is 0 Å². The van der Waals surface area contributed by atoms with Crippen molar-refractivity contribution in [1.29, 1.82) is 0 Å². The molecule has 3 aliphatic rings. The van der Waals surface area contributed by atoms with Gasteiger partial charge in [-0.1, -0.05) is 13.3 Å². The van der Waals surface area contributed by atoms with Gasteiger partial charge in [0.25, 0.3) is 0 Å². The number of carbonyl (C=O) groups is 1. The van der Waals surface area contributed by atoms with Crippen molar-refractivity contribution in [3.63, 3.8) is 0 Å². The number of hydrogen-bond acceptors (Lipinski definition) is 2. The average Bonchev–Trinajstić information content (AvgIpc) is 3.09. The largest absolute Gasteiger partial charge is 0.342 e. The van der Waals surface area contributed by atoms with Crippen LogP contribution < -0.4 is 5.32 Å². The minimum atomic E-state index is 0.342. The Balaban J connectivity index is 1.44. The molecule has 1 amide bonds. The van der Waals surface area contributed by atoms with Crippen LogP contribution >= 0.6 is 0 Å². The number of hydrogen-bond donors (Lipinski definition) is 1. The summed E-state index contributed by atoms with van der Waals surface area (Å²) in [7, 11) is 0. The second kappa shape index (κ2) is 7.13. The molecule has 0 aromatic heterocycles. The van der Waals surface area contributed by atoms with Crippen LogP contribution in [-0.4, -0.2) is 36.5 Å². The van der Waals surface area contributed by atoms with E-state index in [0.717, 1.165) is 43.8 Å². The van der Waals surface area contributed by atoms with Crippen molar-refractivity contribution < 1.29 is 4.79 Å². The summed E-state index contributed by atoms with van der Waals surface area (Å²) in [5, 5.41) is 3.64. The summed E-state index contributed by atoms with van der Waals surface area (Å²) in [6.45, 7) is 5.50.